The summed E-state index contributed by atoms with van der Waals surface area (Å²) in [7, 11) is 4.13. The lowest BCUT2D eigenvalue weighted by molar-refractivity contribution is 0.250. The van der Waals surface area contributed by atoms with E-state index >= 15 is 0 Å². The van der Waals surface area contributed by atoms with Crippen LogP contribution in [0.25, 0.3) is 10.6 Å². The van der Waals surface area contributed by atoms with E-state index in [0.29, 0.717) is 0 Å². The van der Waals surface area contributed by atoms with Gasteiger partial charge in [0.15, 0.2) is 0 Å². The number of hydrogen-bond donors (Lipinski definition) is 1. The number of benzene rings is 1. The first kappa shape index (κ1) is 15.9. The maximum atomic E-state index is 5.53. The molecule has 4 nitrogen and oxygen atoms in total. The molecule has 1 aromatic carbocycles. The summed E-state index contributed by atoms with van der Waals surface area (Å²) in [5.74, 6) is 0.983. The van der Waals surface area contributed by atoms with Gasteiger partial charge in [0.2, 0.25) is 0 Å². The van der Waals surface area contributed by atoms with Crippen molar-refractivity contribution >= 4 is 11.3 Å². The fourth-order valence-electron chi connectivity index (χ4n) is 2.45. The average Bonchev–Trinajstić information content (AvgIpc) is 3.24. The molecule has 3 rings (SSSR count). The van der Waals surface area contributed by atoms with Gasteiger partial charge in [-0.3, -0.25) is 4.90 Å². The third kappa shape index (κ3) is 4.07. The number of likely N-dealkylation sites (N-methyl/N-ethyl adjacent to an activating group) is 1. The topological polar surface area (TPSA) is 41.3 Å². The molecule has 0 aliphatic rings. The maximum absolute atomic E-state index is 5.53. The second-order valence-electron chi connectivity index (χ2n) is 5.62. The van der Waals surface area contributed by atoms with Crippen LogP contribution in [0.3, 0.4) is 0 Å². The van der Waals surface area contributed by atoms with Gasteiger partial charge >= 0.3 is 0 Å². The van der Waals surface area contributed by atoms with Crippen molar-refractivity contribution in [2.24, 2.45) is 0 Å². The molecule has 0 radical (unpaired) electrons. The smallest absolute Gasteiger partial charge is 0.123 e. The summed E-state index contributed by atoms with van der Waals surface area (Å²) in [4.78, 5) is 7.92. The van der Waals surface area contributed by atoms with E-state index in [0.717, 1.165) is 23.9 Å². The zero-order valence-corrected chi connectivity index (χ0v) is 14.2. The highest BCUT2D eigenvalue weighted by Gasteiger charge is 2.16. The number of hydrogen-bond acceptors (Lipinski definition) is 5. The molecule has 2 heterocycles. The van der Waals surface area contributed by atoms with Crippen LogP contribution in [-0.2, 0) is 6.54 Å². The van der Waals surface area contributed by atoms with E-state index < -0.39 is 0 Å². The molecule has 0 saturated heterocycles. The molecular weight excluding hydrogens is 306 g/mol. The molecule has 0 amide bonds. The zero-order valence-electron chi connectivity index (χ0n) is 13.4. The highest BCUT2D eigenvalue weighted by molar-refractivity contribution is 7.15. The first-order valence-corrected chi connectivity index (χ1v) is 8.46. The molecule has 1 atom stereocenters. The third-order valence-corrected chi connectivity index (χ3v) is 4.75. The Morgan fingerprint density at radius 3 is 2.70 bits per heavy atom. The summed E-state index contributed by atoms with van der Waals surface area (Å²) in [6.45, 7) is 1.65. The second-order valence-corrected chi connectivity index (χ2v) is 6.74. The van der Waals surface area contributed by atoms with Gasteiger partial charge in [-0.1, -0.05) is 30.3 Å². The minimum absolute atomic E-state index is 0.228. The van der Waals surface area contributed by atoms with Gasteiger partial charge in [0.1, 0.15) is 10.8 Å². The molecule has 0 aliphatic heterocycles. The van der Waals surface area contributed by atoms with Crippen LogP contribution < -0.4 is 5.32 Å². The van der Waals surface area contributed by atoms with Gasteiger partial charge in [0, 0.05) is 29.7 Å². The molecule has 5 heteroatoms. The second kappa shape index (κ2) is 7.55. The molecule has 3 aromatic rings. The van der Waals surface area contributed by atoms with Crippen molar-refractivity contribution in [1.29, 1.82) is 0 Å². The molecule has 23 heavy (non-hydrogen) atoms. The molecule has 0 fully saturated rings. The van der Waals surface area contributed by atoms with E-state index in [9.17, 15) is 0 Å². The summed E-state index contributed by atoms with van der Waals surface area (Å²) in [5, 5.41) is 4.57. The van der Waals surface area contributed by atoms with E-state index in [4.69, 9.17) is 4.42 Å². The lowest BCUT2D eigenvalue weighted by Crippen LogP contribution is -2.30. The van der Waals surface area contributed by atoms with E-state index in [1.807, 2.05) is 36.5 Å². The molecule has 1 N–H and O–H groups in total. The van der Waals surface area contributed by atoms with Gasteiger partial charge in [-0.2, -0.15) is 0 Å². The monoisotopic (exact) mass is 327 g/mol. The SMILES string of the molecule is CN(C)C(CNCc1cnc(-c2ccccc2)s1)c1ccco1. The lowest BCUT2D eigenvalue weighted by atomic mass is 10.2. The number of nitrogens with one attached hydrogen (secondary N) is 1. The van der Waals surface area contributed by atoms with Crippen LogP contribution in [0.1, 0.15) is 16.7 Å². The first-order chi connectivity index (χ1) is 11.2. The lowest BCUT2D eigenvalue weighted by Gasteiger charge is -2.22. The molecule has 1 unspecified atom stereocenters. The Morgan fingerprint density at radius 1 is 1.17 bits per heavy atom. The molecular formula is C18H21N3OS. The predicted octanol–water partition coefficient (Wildman–Crippen LogP) is 3.80. The van der Waals surface area contributed by atoms with Crippen molar-refractivity contribution in [3.63, 3.8) is 0 Å². The number of aromatic nitrogens is 1. The van der Waals surface area contributed by atoms with Crippen LogP contribution >= 0.6 is 11.3 Å². The van der Waals surface area contributed by atoms with E-state index in [1.165, 1.54) is 10.4 Å². The van der Waals surface area contributed by atoms with Crippen molar-refractivity contribution in [2.75, 3.05) is 20.6 Å². The minimum Gasteiger partial charge on any atom is -0.468 e. The molecule has 2 aromatic heterocycles. The number of nitrogens with zero attached hydrogens (tertiary/aromatic N) is 2. The summed E-state index contributed by atoms with van der Waals surface area (Å²) in [6.07, 6.45) is 3.68. The fraction of sp³-hybridized carbons (Fsp3) is 0.278. The van der Waals surface area contributed by atoms with Gasteiger partial charge in [-0.15, -0.1) is 11.3 Å². The van der Waals surface area contributed by atoms with E-state index in [2.05, 4.69) is 41.4 Å². The predicted molar refractivity (Wildman–Crippen MR) is 94.4 cm³/mol. The highest BCUT2D eigenvalue weighted by atomic mass is 32.1. The zero-order chi connectivity index (χ0) is 16.1. The van der Waals surface area contributed by atoms with Crippen LogP contribution in [0.15, 0.2) is 59.3 Å². The quantitative estimate of drug-likeness (QED) is 0.717. The van der Waals surface area contributed by atoms with Crippen LogP contribution in [0.2, 0.25) is 0 Å². The number of rotatable bonds is 7. The van der Waals surface area contributed by atoms with Crippen LogP contribution in [0.4, 0.5) is 0 Å². The Balaban J connectivity index is 1.57. The van der Waals surface area contributed by atoms with Crippen molar-refractivity contribution in [1.82, 2.24) is 15.2 Å². The summed E-state index contributed by atoms with van der Waals surface area (Å²) in [5.41, 5.74) is 1.17. The van der Waals surface area contributed by atoms with Gasteiger partial charge in [0.25, 0.3) is 0 Å². The Kier molecular flexibility index (Phi) is 5.23. The highest BCUT2D eigenvalue weighted by Crippen LogP contribution is 2.25. The standard InChI is InChI=1S/C18H21N3OS/c1-21(2)16(17-9-6-10-22-17)13-19-11-15-12-20-18(23-15)14-7-4-3-5-8-14/h3-10,12,16,19H,11,13H2,1-2H3. The Labute approximate surface area is 140 Å². The summed E-state index contributed by atoms with van der Waals surface area (Å²) < 4.78 is 5.53. The van der Waals surface area contributed by atoms with Crippen LogP contribution in [-0.4, -0.2) is 30.5 Å². The van der Waals surface area contributed by atoms with Crippen molar-refractivity contribution in [2.45, 2.75) is 12.6 Å². The summed E-state index contributed by atoms with van der Waals surface area (Å²) in [6, 6.07) is 14.5. The number of thiazole rings is 1. The molecule has 0 spiro atoms. The Hall–Kier alpha value is -1.95. The van der Waals surface area contributed by atoms with Gasteiger partial charge in [0.05, 0.1) is 12.3 Å². The molecule has 120 valence electrons. The van der Waals surface area contributed by atoms with Crippen LogP contribution in [0, 0.1) is 0 Å². The van der Waals surface area contributed by atoms with Crippen LogP contribution in [0.5, 0.6) is 0 Å². The molecule has 0 aliphatic carbocycles. The van der Waals surface area contributed by atoms with E-state index in [-0.39, 0.29) is 6.04 Å². The molecule has 0 bridgehead atoms. The average molecular weight is 327 g/mol. The van der Waals surface area contributed by atoms with Gasteiger partial charge in [-0.25, -0.2) is 4.98 Å². The van der Waals surface area contributed by atoms with Crippen molar-refractivity contribution < 1.29 is 4.42 Å². The summed E-state index contributed by atoms with van der Waals surface area (Å²) >= 11 is 1.73. The van der Waals surface area contributed by atoms with Gasteiger partial charge in [-0.05, 0) is 26.2 Å². The minimum atomic E-state index is 0.228. The van der Waals surface area contributed by atoms with Gasteiger partial charge < -0.3 is 9.73 Å². The first-order valence-electron chi connectivity index (χ1n) is 7.64. The third-order valence-electron chi connectivity index (χ3n) is 3.71. The largest absolute Gasteiger partial charge is 0.468 e. The van der Waals surface area contributed by atoms with Crippen molar-refractivity contribution in [3.05, 3.63) is 65.6 Å². The number of furan rings is 1. The normalized spacial score (nSPS) is 12.7. The molecule has 0 saturated carbocycles. The Bertz CT molecular complexity index is 707. The van der Waals surface area contributed by atoms with Crippen molar-refractivity contribution in [3.8, 4) is 10.6 Å². The fourth-order valence-corrected chi connectivity index (χ4v) is 3.34. The van der Waals surface area contributed by atoms with E-state index in [1.54, 1.807) is 17.6 Å². The Morgan fingerprint density at radius 2 is 2.00 bits per heavy atom. The maximum Gasteiger partial charge on any atom is 0.123 e.